The molecule has 1 aromatic carbocycles. The van der Waals surface area contributed by atoms with Crippen LogP contribution in [0.3, 0.4) is 0 Å². The van der Waals surface area contributed by atoms with Crippen molar-refractivity contribution >= 4 is 16.8 Å². The number of benzene rings is 1. The molecule has 0 radical (unpaired) electrons. The number of nitrogens with zero attached hydrogens (tertiary/aromatic N) is 2. The van der Waals surface area contributed by atoms with Gasteiger partial charge >= 0.3 is 0 Å². The van der Waals surface area contributed by atoms with Crippen molar-refractivity contribution in [2.24, 2.45) is 0 Å². The standard InChI is InChI=1S/C14H15N3O/c18-14-9-15-6-7-17(14)10-11-3-4-12-2-1-5-16-13(12)8-11/h1-5,8,15H,6-7,9-10H2. The molecule has 0 bridgehead atoms. The van der Waals surface area contributed by atoms with Crippen LogP contribution in [0.5, 0.6) is 0 Å². The molecule has 0 saturated carbocycles. The number of carbonyl (C=O) groups excluding carboxylic acids is 1. The Morgan fingerprint density at radius 2 is 2.28 bits per heavy atom. The van der Waals surface area contributed by atoms with Gasteiger partial charge in [-0.25, -0.2) is 0 Å². The van der Waals surface area contributed by atoms with E-state index in [9.17, 15) is 4.79 Å². The summed E-state index contributed by atoms with van der Waals surface area (Å²) in [4.78, 5) is 17.9. The van der Waals surface area contributed by atoms with Crippen LogP contribution in [0.1, 0.15) is 5.56 Å². The Labute approximate surface area is 106 Å². The first-order valence-electron chi connectivity index (χ1n) is 6.15. The van der Waals surface area contributed by atoms with Crippen molar-refractivity contribution in [3.63, 3.8) is 0 Å². The summed E-state index contributed by atoms with van der Waals surface area (Å²) in [5.41, 5.74) is 2.12. The highest BCUT2D eigenvalue weighted by Gasteiger charge is 2.17. The zero-order valence-corrected chi connectivity index (χ0v) is 10.1. The van der Waals surface area contributed by atoms with Gasteiger partial charge in [-0.1, -0.05) is 18.2 Å². The first-order valence-corrected chi connectivity index (χ1v) is 6.15. The Morgan fingerprint density at radius 1 is 1.33 bits per heavy atom. The summed E-state index contributed by atoms with van der Waals surface area (Å²) in [5.74, 6) is 0.169. The molecule has 1 aliphatic rings. The normalized spacial score (nSPS) is 16.2. The van der Waals surface area contributed by atoms with Gasteiger partial charge < -0.3 is 10.2 Å². The summed E-state index contributed by atoms with van der Waals surface area (Å²) in [6, 6.07) is 10.2. The number of fused-ring (bicyclic) bond motifs is 1. The molecular weight excluding hydrogens is 226 g/mol. The molecule has 2 heterocycles. The van der Waals surface area contributed by atoms with Crippen molar-refractivity contribution in [3.05, 3.63) is 42.1 Å². The van der Waals surface area contributed by atoms with Crippen LogP contribution in [0, 0.1) is 0 Å². The molecule has 3 rings (SSSR count). The molecule has 1 amide bonds. The molecule has 0 unspecified atom stereocenters. The minimum Gasteiger partial charge on any atom is -0.336 e. The van der Waals surface area contributed by atoms with Gasteiger partial charge in [0.25, 0.3) is 0 Å². The van der Waals surface area contributed by atoms with E-state index in [1.807, 2.05) is 17.0 Å². The largest absolute Gasteiger partial charge is 0.336 e. The summed E-state index contributed by atoms with van der Waals surface area (Å²) in [6.45, 7) is 2.77. The fourth-order valence-electron chi connectivity index (χ4n) is 2.24. The second-order valence-electron chi connectivity index (χ2n) is 4.52. The Balaban J connectivity index is 1.83. The minimum absolute atomic E-state index is 0.169. The monoisotopic (exact) mass is 241 g/mol. The molecule has 4 heteroatoms. The average molecular weight is 241 g/mol. The van der Waals surface area contributed by atoms with Gasteiger partial charge in [0, 0.05) is 31.2 Å². The molecule has 1 aliphatic heterocycles. The van der Waals surface area contributed by atoms with Crippen molar-refractivity contribution < 1.29 is 4.79 Å². The van der Waals surface area contributed by atoms with Crippen molar-refractivity contribution in [1.82, 2.24) is 15.2 Å². The highest BCUT2D eigenvalue weighted by molar-refractivity contribution is 5.80. The van der Waals surface area contributed by atoms with E-state index in [0.717, 1.165) is 29.6 Å². The smallest absolute Gasteiger partial charge is 0.236 e. The molecule has 1 fully saturated rings. The van der Waals surface area contributed by atoms with Crippen LogP contribution in [-0.2, 0) is 11.3 Å². The van der Waals surface area contributed by atoms with E-state index in [4.69, 9.17) is 0 Å². The lowest BCUT2D eigenvalue weighted by Crippen LogP contribution is -2.47. The van der Waals surface area contributed by atoms with Crippen molar-refractivity contribution in [2.45, 2.75) is 6.54 Å². The van der Waals surface area contributed by atoms with Gasteiger partial charge in [-0.15, -0.1) is 0 Å². The van der Waals surface area contributed by atoms with Gasteiger partial charge in [-0.2, -0.15) is 0 Å². The molecule has 0 spiro atoms. The zero-order chi connectivity index (χ0) is 12.4. The van der Waals surface area contributed by atoms with E-state index in [0.29, 0.717) is 13.1 Å². The van der Waals surface area contributed by atoms with Crippen LogP contribution in [0.4, 0.5) is 0 Å². The van der Waals surface area contributed by atoms with Crippen LogP contribution >= 0.6 is 0 Å². The molecule has 2 aromatic rings. The number of hydrogen-bond donors (Lipinski definition) is 1. The predicted octanol–water partition coefficient (Wildman–Crippen LogP) is 1.17. The SMILES string of the molecule is O=C1CNCCN1Cc1ccc2cccnc2c1. The Kier molecular flexibility index (Phi) is 2.94. The minimum atomic E-state index is 0.169. The van der Waals surface area contributed by atoms with Crippen LogP contribution in [0.15, 0.2) is 36.5 Å². The molecular formula is C14H15N3O. The highest BCUT2D eigenvalue weighted by Crippen LogP contribution is 2.15. The molecule has 0 atom stereocenters. The van der Waals surface area contributed by atoms with E-state index in [2.05, 4.69) is 28.5 Å². The van der Waals surface area contributed by atoms with Gasteiger partial charge in [0.1, 0.15) is 0 Å². The Bertz CT molecular complexity index is 582. The topological polar surface area (TPSA) is 45.2 Å². The number of hydrogen-bond acceptors (Lipinski definition) is 3. The van der Waals surface area contributed by atoms with Crippen molar-refractivity contribution in [1.29, 1.82) is 0 Å². The lowest BCUT2D eigenvalue weighted by atomic mass is 10.1. The average Bonchev–Trinajstić information content (AvgIpc) is 2.41. The number of rotatable bonds is 2. The molecule has 92 valence electrons. The number of nitrogens with one attached hydrogen (secondary N) is 1. The number of aromatic nitrogens is 1. The van der Waals surface area contributed by atoms with Gasteiger partial charge in [0.15, 0.2) is 0 Å². The maximum absolute atomic E-state index is 11.7. The van der Waals surface area contributed by atoms with Gasteiger partial charge in [0.2, 0.25) is 5.91 Å². The fourth-order valence-corrected chi connectivity index (χ4v) is 2.24. The number of carbonyl (C=O) groups is 1. The second kappa shape index (κ2) is 4.74. The summed E-state index contributed by atoms with van der Waals surface area (Å²) >= 11 is 0. The first kappa shape index (κ1) is 11.2. The third-order valence-corrected chi connectivity index (χ3v) is 3.23. The van der Waals surface area contributed by atoms with E-state index >= 15 is 0 Å². The van der Waals surface area contributed by atoms with Crippen LogP contribution in [0.2, 0.25) is 0 Å². The lowest BCUT2D eigenvalue weighted by Gasteiger charge is -2.27. The van der Waals surface area contributed by atoms with Crippen molar-refractivity contribution in [2.75, 3.05) is 19.6 Å². The van der Waals surface area contributed by atoms with E-state index in [1.54, 1.807) is 6.20 Å². The van der Waals surface area contributed by atoms with Gasteiger partial charge in [-0.3, -0.25) is 9.78 Å². The molecule has 1 saturated heterocycles. The molecule has 0 aliphatic carbocycles. The third-order valence-electron chi connectivity index (χ3n) is 3.23. The van der Waals surface area contributed by atoms with E-state index in [-0.39, 0.29) is 5.91 Å². The molecule has 1 aromatic heterocycles. The maximum Gasteiger partial charge on any atom is 0.236 e. The molecule has 1 N–H and O–H groups in total. The number of amides is 1. The van der Waals surface area contributed by atoms with Crippen LogP contribution in [0.25, 0.3) is 10.9 Å². The van der Waals surface area contributed by atoms with Crippen LogP contribution < -0.4 is 5.32 Å². The Hall–Kier alpha value is -1.94. The maximum atomic E-state index is 11.7. The van der Waals surface area contributed by atoms with Gasteiger partial charge in [-0.05, 0) is 17.7 Å². The number of pyridine rings is 1. The van der Waals surface area contributed by atoms with E-state index in [1.165, 1.54) is 0 Å². The second-order valence-corrected chi connectivity index (χ2v) is 4.52. The summed E-state index contributed by atoms with van der Waals surface area (Å²) in [6.07, 6.45) is 1.79. The van der Waals surface area contributed by atoms with Gasteiger partial charge in [0.05, 0.1) is 12.1 Å². The number of piperazine rings is 1. The Morgan fingerprint density at radius 3 is 3.17 bits per heavy atom. The lowest BCUT2D eigenvalue weighted by molar-refractivity contribution is -0.132. The first-order chi connectivity index (χ1) is 8.83. The third kappa shape index (κ3) is 2.19. The molecule has 18 heavy (non-hydrogen) atoms. The molecule has 4 nitrogen and oxygen atoms in total. The fraction of sp³-hybridized carbons (Fsp3) is 0.286. The quantitative estimate of drug-likeness (QED) is 0.858. The summed E-state index contributed by atoms with van der Waals surface area (Å²) < 4.78 is 0. The zero-order valence-electron chi connectivity index (χ0n) is 10.1. The van der Waals surface area contributed by atoms with Crippen LogP contribution in [-0.4, -0.2) is 35.4 Å². The van der Waals surface area contributed by atoms with E-state index < -0.39 is 0 Å². The van der Waals surface area contributed by atoms with Crippen molar-refractivity contribution in [3.8, 4) is 0 Å². The summed E-state index contributed by atoms with van der Waals surface area (Å²) in [5, 5.41) is 4.21. The summed E-state index contributed by atoms with van der Waals surface area (Å²) in [7, 11) is 0. The predicted molar refractivity (Wildman–Crippen MR) is 70.0 cm³/mol. The highest BCUT2D eigenvalue weighted by atomic mass is 16.2.